The highest BCUT2D eigenvalue weighted by Crippen LogP contribution is 2.32. The quantitative estimate of drug-likeness (QED) is 0.850. The highest BCUT2D eigenvalue weighted by atomic mass is 16.5. The minimum atomic E-state index is 0.0831. The molecule has 0 heterocycles. The third-order valence-electron chi connectivity index (χ3n) is 2.78. The molecular formula is C15H24O2. The highest BCUT2D eigenvalue weighted by molar-refractivity contribution is 5.41. The first-order valence-corrected chi connectivity index (χ1v) is 6.36. The Hall–Kier alpha value is -1.02. The summed E-state index contributed by atoms with van der Waals surface area (Å²) in [6.07, 6.45) is 1.74. The fourth-order valence-electron chi connectivity index (χ4n) is 1.88. The number of hydrogen-bond donors (Lipinski definition) is 1. The summed E-state index contributed by atoms with van der Waals surface area (Å²) in [6.45, 7) is 9.53. The smallest absolute Gasteiger partial charge is 0.123 e. The Kier molecular flexibility index (Phi) is 5.01. The molecule has 0 amide bonds. The molecule has 96 valence electrons. The Labute approximate surface area is 105 Å². The van der Waals surface area contributed by atoms with E-state index in [1.807, 2.05) is 6.92 Å². The van der Waals surface area contributed by atoms with Gasteiger partial charge in [0.25, 0.3) is 0 Å². The molecule has 2 nitrogen and oxygen atoms in total. The average Bonchev–Trinajstić information content (AvgIpc) is 2.26. The van der Waals surface area contributed by atoms with Crippen molar-refractivity contribution >= 4 is 0 Å². The maximum Gasteiger partial charge on any atom is 0.123 e. The predicted molar refractivity (Wildman–Crippen MR) is 71.7 cm³/mol. The number of rotatable bonds is 5. The highest BCUT2D eigenvalue weighted by Gasteiger charge is 2.19. The van der Waals surface area contributed by atoms with Gasteiger partial charge in [-0.15, -0.1) is 0 Å². The van der Waals surface area contributed by atoms with E-state index in [1.165, 1.54) is 11.1 Å². The van der Waals surface area contributed by atoms with E-state index in [0.29, 0.717) is 6.61 Å². The average molecular weight is 236 g/mol. The third-order valence-corrected chi connectivity index (χ3v) is 2.78. The van der Waals surface area contributed by atoms with E-state index < -0.39 is 0 Å². The number of aryl methyl sites for hydroxylation is 1. The Morgan fingerprint density at radius 1 is 1.24 bits per heavy atom. The zero-order valence-electron chi connectivity index (χ0n) is 11.4. The number of benzene rings is 1. The van der Waals surface area contributed by atoms with Crippen LogP contribution in [-0.2, 0) is 11.8 Å². The van der Waals surface area contributed by atoms with Gasteiger partial charge in [0, 0.05) is 6.61 Å². The van der Waals surface area contributed by atoms with Gasteiger partial charge >= 0.3 is 0 Å². The van der Waals surface area contributed by atoms with Crippen molar-refractivity contribution in [3.63, 3.8) is 0 Å². The molecule has 0 aromatic heterocycles. The van der Waals surface area contributed by atoms with Crippen LogP contribution in [0, 0.1) is 0 Å². The number of ether oxygens (including phenoxy) is 1. The number of aliphatic hydroxyl groups excluding tert-OH is 1. The lowest BCUT2D eigenvalue weighted by Gasteiger charge is -2.23. The van der Waals surface area contributed by atoms with Crippen molar-refractivity contribution in [1.29, 1.82) is 0 Å². The zero-order valence-corrected chi connectivity index (χ0v) is 11.4. The van der Waals surface area contributed by atoms with Gasteiger partial charge in [-0.2, -0.15) is 0 Å². The summed E-state index contributed by atoms with van der Waals surface area (Å²) >= 11 is 0. The van der Waals surface area contributed by atoms with Crippen LogP contribution in [0.4, 0.5) is 0 Å². The molecule has 0 unspecified atom stereocenters. The normalized spacial score (nSPS) is 11.6. The van der Waals surface area contributed by atoms with E-state index in [0.717, 1.165) is 18.6 Å². The zero-order chi connectivity index (χ0) is 12.9. The van der Waals surface area contributed by atoms with Crippen LogP contribution in [0.2, 0.25) is 0 Å². The summed E-state index contributed by atoms with van der Waals surface area (Å²) in [5.41, 5.74) is 2.60. The van der Waals surface area contributed by atoms with Crippen LogP contribution in [0.3, 0.4) is 0 Å². The Bertz CT molecular complexity index is 350. The topological polar surface area (TPSA) is 29.5 Å². The van der Waals surface area contributed by atoms with Crippen LogP contribution >= 0.6 is 0 Å². The van der Waals surface area contributed by atoms with Crippen LogP contribution in [0.25, 0.3) is 0 Å². The molecule has 0 spiro atoms. The lowest BCUT2D eigenvalue weighted by atomic mass is 9.85. The monoisotopic (exact) mass is 236 g/mol. The van der Waals surface area contributed by atoms with Crippen molar-refractivity contribution in [2.75, 3.05) is 13.2 Å². The van der Waals surface area contributed by atoms with Gasteiger partial charge in [0.2, 0.25) is 0 Å². The van der Waals surface area contributed by atoms with Crippen molar-refractivity contribution in [1.82, 2.24) is 0 Å². The lowest BCUT2D eigenvalue weighted by Crippen LogP contribution is -2.14. The second kappa shape index (κ2) is 6.06. The van der Waals surface area contributed by atoms with E-state index in [2.05, 4.69) is 39.0 Å². The van der Waals surface area contributed by atoms with Gasteiger partial charge in [0.05, 0.1) is 6.61 Å². The van der Waals surface area contributed by atoms with Crippen LogP contribution in [0.15, 0.2) is 18.2 Å². The van der Waals surface area contributed by atoms with Gasteiger partial charge in [-0.1, -0.05) is 32.9 Å². The molecule has 0 radical (unpaired) electrons. The standard InChI is InChI=1S/C15H24O2/c1-5-17-14-9-8-12(7-6-10-16)11-13(14)15(2,3)4/h8-9,11,16H,5-7,10H2,1-4H3. The Morgan fingerprint density at radius 3 is 2.47 bits per heavy atom. The summed E-state index contributed by atoms with van der Waals surface area (Å²) in [6, 6.07) is 6.35. The number of hydrogen-bond acceptors (Lipinski definition) is 2. The minimum Gasteiger partial charge on any atom is -0.494 e. The fourth-order valence-corrected chi connectivity index (χ4v) is 1.88. The van der Waals surface area contributed by atoms with Crippen molar-refractivity contribution in [2.45, 2.75) is 46.0 Å². The molecule has 2 heteroatoms. The fraction of sp³-hybridized carbons (Fsp3) is 0.600. The summed E-state index contributed by atoms with van der Waals surface area (Å²) in [4.78, 5) is 0. The van der Waals surface area contributed by atoms with Gasteiger partial charge in [-0.3, -0.25) is 0 Å². The van der Waals surface area contributed by atoms with E-state index in [9.17, 15) is 0 Å². The van der Waals surface area contributed by atoms with E-state index >= 15 is 0 Å². The molecule has 0 saturated heterocycles. The van der Waals surface area contributed by atoms with E-state index in [1.54, 1.807) is 0 Å². The molecular weight excluding hydrogens is 212 g/mol. The van der Waals surface area contributed by atoms with E-state index in [-0.39, 0.29) is 12.0 Å². The molecule has 0 fully saturated rings. The number of aliphatic hydroxyl groups is 1. The largest absolute Gasteiger partial charge is 0.494 e. The molecule has 1 aromatic carbocycles. The second-order valence-electron chi connectivity index (χ2n) is 5.34. The second-order valence-corrected chi connectivity index (χ2v) is 5.34. The summed E-state index contributed by atoms with van der Waals surface area (Å²) in [5.74, 6) is 0.979. The molecule has 0 bridgehead atoms. The van der Waals surface area contributed by atoms with Gasteiger partial charge in [-0.25, -0.2) is 0 Å². The van der Waals surface area contributed by atoms with Crippen LogP contribution in [0.1, 0.15) is 45.2 Å². The summed E-state index contributed by atoms with van der Waals surface area (Å²) < 4.78 is 5.67. The molecule has 0 aliphatic rings. The first-order chi connectivity index (χ1) is 7.99. The summed E-state index contributed by atoms with van der Waals surface area (Å²) in [5, 5.41) is 8.87. The van der Waals surface area contributed by atoms with Gasteiger partial charge < -0.3 is 9.84 Å². The molecule has 0 atom stereocenters. The van der Waals surface area contributed by atoms with Gasteiger partial charge in [0.1, 0.15) is 5.75 Å². The van der Waals surface area contributed by atoms with Crippen molar-refractivity contribution in [2.24, 2.45) is 0 Å². The maximum atomic E-state index is 8.87. The van der Waals surface area contributed by atoms with Crippen molar-refractivity contribution in [3.05, 3.63) is 29.3 Å². The van der Waals surface area contributed by atoms with Crippen molar-refractivity contribution in [3.8, 4) is 5.75 Å². The molecule has 0 aliphatic carbocycles. The molecule has 0 saturated carbocycles. The molecule has 1 rings (SSSR count). The van der Waals surface area contributed by atoms with Crippen LogP contribution < -0.4 is 4.74 Å². The molecule has 0 aliphatic heterocycles. The van der Waals surface area contributed by atoms with Crippen molar-refractivity contribution < 1.29 is 9.84 Å². The molecule has 1 aromatic rings. The Balaban J connectivity index is 3.01. The maximum absolute atomic E-state index is 8.87. The molecule has 1 N–H and O–H groups in total. The third kappa shape index (κ3) is 4.04. The summed E-state index contributed by atoms with van der Waals surface area (Å²) in [7, 11) is 0. The first kappa shape index (κ1) is 14.0. The lowest BCUT2D eigenvalue weighted by molar-refractivity contribution is 0.288. The predicted octanol–water partition coefficient (Wildman–Crippen LogP) is 3.31. The van der Waals surface area contributed by atoms with E-state index in [4.69, 9.17) is 9.84 Å². The van der Waals surface area contributed by atoms with Crippen LogP contribution in [0.5, 0.6) is 5.75 Å². The van der Waals surface area contributed by atoms with Gasteiger partial charge in [-0.05, 0) is 42.4 Å². The van der Waals surface area contributed by atoms with Gasteiger partial charge in [0.15, 0.2) is 0 Å². The minimum absolute atomic E-state index is 0.0831. The first-order valence-electron chi connectivity index (χ1n) is 6.36. The SMILES string of the molecule is CCOc1ccc(CCCO)cc1C(C)(C)C. The molecule has 17 heavy (non-hydrogen) atoms. The Morgan fingerprint density at radius 2 is 1.94 bits per heavy atom. The van der Waals surface area contributed by atoms with Crippen LogP contribution in [-0.4, -0.2) is 18.3 Å².